The van der Waals surface area contributed by atoms with E-state index in [0.29, 0.717) is 6.54 Å². The minimum Gasteiger partial charge on any atom is -0.379 e. The molecule has 0 amide bonds. The van der Waals surface area contributed by atoms with Crippen molar-refractivity contribution >= 4 is 0 Å². The molecule has 0 radical (unpaired) electrons. The van der Waals surface area contributed by atoms with Crippen molar-refractivity contribution < 1.29 is 5.11 Å². The topological polar surface area (TPSA) is 49.5 Å². The summed E-state index contributed by atoms with van der Waals surface area (Å²) in [7, 11) is 0. The Morgan fingerprint density at radius 3 is 2.33 bits per heavy atom. The molecule has 0 aromatic rings. The molecule has 0 fully saturated rings. The van der Waals surface area contributed by atoms with Gasteiger partial charge in [0.2, 0.25) is 0 Å². The molecule has 1 unspecified atom stereocenters. The second-order valence-electron chi connectivity index (χ2n) is 2.05. The zero-order valence-electron chi connectivity index (χ0n) is 6.17. The first-order valence-electron chi connectivity index (χ1n) is 3.34. The molecule has 1 atom stereocenters. The lowest BCUT2D eigenvalue weighted by Crippen LogP contribution is -2.36. The summed E-state index contributed by atoms with van der Waals surface area (Å²) < 4.78 is 0. The van der Waals surface area contributed by atoms with Crippen LogP contribution in [0.1, 0.15) is 13.8 Å². The van der Waals surface area contributed by atoms with Gasteiger partial charge in [-0.05, 0) is 13.5 Å². The van der Waals surface area contributed by atoms with Crippen LogP contribution in [0.5, 0.6) is 0 Å². The number of rotatable bonds is 4. The SMILES string of the molecule is CCN(CCN)C(C)O. The van der Waals surface area contributed by atoms with E-state index in [-0.39, 0.29) is 6.23 Å². The van der Waals surface area contributed by atoms with Crippen LogP contribution in [0.4, 0.5) is 0 Å². The fraction of sp³-hybridized carbons (Fsp3) is 1.00. The highest BCUT2D eigenvalue weighted by Gasteiger charge is 2.04. The van der Waals surface area contributed by atoms with Crippen molar-refractivity contribution in [1.82, 2.24) is 4.90 Å². The Kier molecular flexibility index (Phi) is 4.67. The Morgan fingerprint density at radius 1 is 1.67 bits per heavy atom. The van der Waals surface area contributed by atoms with Crippen molar-refractivity contribution in [2.75, 3.05) is 19.6 Å². The van der Waals surface area contributed by atoms with Crippen LogP contribution in [-0.4, -0.2) is 35.9 Å². The zero-order chi connectivity index (χ0) is 7.28. The normalized spacial score (nSPS) is 14.3. The number of hydrogen-bond donors (Lipinski definition) is 2. The molecule has 0 aliphatic rings. The Hall–Kier alpha value is -0.120. The number of nitrogens with zero attached hydrogens (tertiary/aromatic N) is 1. The Morgan fingerprint density at radius 2 is 2.22 bits per heavy atom. The van der Waals surface area contributed by atoms with Gasteiger partial charge in [-0.2, -0.15) is 0 Å². The van der Waals surface area contributed by atoms with Crippen LogP contribution < -0.4 is 5.73 Å². The lowest BCUT2D eigenvalue weighted by Gasteiger charge is -2.22. The largest absolute Gasteiger partial charge is 0.379 e. The van der Waals surface area contributed by atoms with Gasteiger partial charge in [-0.3, -0.25) is 4.90 Å². The maximum absolute atomic E-state index is 9.01. The molecule has 56 valence electrons. The number of nitrogens with two attached hydrogens (primary N) is 1. The second kappa shape index (κ2) is 4.73. The molecule has 0 saturated carbocycles. The van der Waals surface area contributed by atoms with Crippen LogP contribution in [0.3, 0.4) is 0 Å². The lowest BCUT2D eigenvalue weighted by atomic mass is 10.4. The standard InChI is InChI=1S/C6H16N2O/c1-3-8(5-4-7)6(2)9/h6,9H,3-5,7H2,1-2H3. The Labute approximate surface area is 56.5 Å². The van der Waals surface area contributed by atoms with Crippen LogP contribution in [0, 0.1) is 0 Å². The van der Waals surface area contributed by atoms with E-state index in [0.717, 1.165) is 13.1 Å². The maximum atomic E-state index is 9.01. The van der Waals surface area contributed by atoms with Gasteiger partial charge in [-0.1, -0.05) is 6.92 Å². The van der Waals surface area contributed by atoms with Gasteiger partial charge in [0.05, 0.1) is 0 Å². The van der Waals surface area contributed by atoms with Gasteiger partial charge in [0.15, 0.2) is 0 Å². The molecular weight excluding hydrogens is 116 g/mol. The average Bonchev–Trinajstić information content (AvgIpc) is 1.82. The average molecular weight is 132 g/mol. The second-order valence-corrected chi connectivity index (χ2v) is 2.05. The van der Waals surface area contributed by atoms with Crippen LogP contribution in [0.15, 0.2) is 0 Å². The molecule has 0 bridgehead atoms. The summed E-state index contributed by atoms with van der Waals surface area (Å²) in [4.78, 5) is 1.90. The molecule has 3 nitrogen and oxygen atoms in total. The quantitative estimate of drug-likeness (QED) is 0.512. The van der Waals surface area contributed by atoms with Gasteiger partial charge in [0.25, 0.3) is 0 Å². The van der Waals surface area contributed by atoms with Gasteiger partial charge in [0.1, 0.15) is 6.23 Å². The fourth-order valence-corrected chi connectivity index (χ4v) is 0.775. The minimum absolute atomic E-state index is 0.362. The molecular formula is C6H16N2O. The molecule has 3 N–H and O–H groups in total. The van der Waals surface area contributed by atoms with Crippen molar-refractivity contribution in [3.05, 3.63) is 0 Å². The highest BCUT2D eigenvalue weighted by Crippen LogP contribution is 1.91. The van der Waals surface area contributed by atoms with Gasteiger partial charge in [-0.15, -0.1) is 0 Å². The smallest absolute Gasteiger partial charge is 0.104 e. The van der Waals surface area contributed by atoms with E-state index >= 15 is 0 Å². The summed E-state index contributed by atoms with van der Waals surface area (Å²) in [6.45, 7) is 5.99. The molecule has 0 saturated heterocycles. The van der Waals surface area contributed by atoms with Crippen molar-refractivity contribution in [2.45, 2.75) is 20.1 Å². The molecule has 0 aliphatic heterocycles. The third-order valence-electron chi connectivity index (χ3n) is 1.35. The van der Waals surface area contributed by atoms with Crippen LogP contribution in [0.25, 0.3) is 0 Å². The minimum atomic E-state index is -0.362. The van der Waals surface area contributed by atoms with Crippen molar-refractivity contribution in [3.63, 3.8) is 0 Å². The predicted octanol–water partition coefficient (Wildman–Crippen LogP) is -0.395. The van der Waals surface area contributed by atoms with E-state index in [1.165, 1.54) is 0 Å². The molecule has 0 aromatic carbocycles. The fourth-order valence-electron chi connectivity index (χ4n) is 0.775. The van der Waals surface area contributed by atoms with Crippen molar-refractivity contribution in [3.8, 4) is 0 Å². The summed E-state index contributed by atoms with van der Waals surface area (Å²) in [5.74, 6) is 0. The van der Waals surface area contributed by atoms with Gasteiger partial charge >= 0.3 is 0 Å². The first kappa shape index (κ1) is 8.88. The van der Waals surface area contributed by atoms with Gasteiger partial charge < -0.3 is 10.8 Å². The molecule has 0 heterocycles. The van der Waals surface area contributed by atoms with E-state index in [2.05, 4.69) is 0 Å². The van der Waals surface area contributed by atoms with Gasteiger partial charge in [0, 0.05) is 13.1 Å². The lowest BCUT2D eigenvalue weighted by molar-refractivity contribution is 0.0248. The number of aliphatic hydroxyl groups excluding tert-OH is 1. The van der Waals surface area contributed by atoms with E-state index in [9.17, 15) is 0 Å². The summed E-state index contributed by atoms with van der Waals surface area (Å²) in [6.07, 6.45) is -0.362. The summed E-state index contributed by atoms with van der Waals surface area (Å²) in [5, 5.41) is 9.01. The highest BCUT2D eigenvalue weighted by atomic mass is 16.3. The zero-order valence-corrected chi connectivity index (χ0v) is 6.17. The Balaban J connectivity index is 3.41. The third kappa shape index (κ3) is 3.46. The van der Waals surface area contributed by atoms with Crippen molar-refractivity contribution in [2.24, 2.45) is 5.73 Å². The predicted molar refractivity (Wildman–Crippen MR) is 38.0 cm³/mol. The third-order valence-corrected chi connectivity index (χ3v) is 1.35. The summed E-state index contributed by atoms with van der Waals surface area (Å²) in [6, 6.07) is 0. The highest BCUT2D eigenvalue weighted by molar-refractivity contribution is 4.54. The molecule has 3 heteroatoms. The molecule has 0 rings (SSSR count). The number of aliphatic hydroxyl groups is 1. The summed E-state index contributed by atoms with van der Waals surface area (Å²) >= 11 is 0. The summed E-state index contributed by atoms with van der Waals surface area (Å²) in [5.41, 5.74) is 5.29. The van der Waals surface area contributed by atoms with E-state index in [1.54, 1.807) is 6.92 Å². The molecule has 0 aromatic heterocycles. The first-order valence-corrected chi connectivity index (χ1v) is 3.34. The number of hydrogen-bond acceptors (Lipinski definition) is 3. The van der Waals surface area contributed by atoms with E-state index < -0.39 is 0 Å². The molecule has 9 heavy (non-hydrogen) atoms. The monoisotopic (exact) mass is 132 g/mol. The van der Waals surface area contributed by atoms with Crippen LogP contribution >= 0.6 is 0 Å². The van der Waals surface area contributed by atoms with E-state index in [4.69, 9.17) is 10.8 Å². The molecule has 0 aliphatic carbocycles. The Bertz CT molecular complexity index is 66.1. The van der Waals surface area contributed by atoms with Gasteiger partial charge in [-0.25, -0.2) is 0 Å². The maximum Gasteiger partial charge on any atom is 0.104 e. The van der Waals surface area contributed by atoms with Crippen LogP contribution in [-0.2, 0) is 0 Å². The van der Waals surface area contributed by atoms with Crippen molar-refractivity contribution in [1.29, 1.82) is 0 Å². The first-order chi connectivity index (χ1) is 4.22. The van der Waals surface area contributed by atoms with E-state index in [1.807, 2.05) is 11.8 Å². The van der Waals surface area contributed by atoms with Crippen LogP contribution in [0.2, 0.25) is 0 Å². The number of likely N-dealkylation sites (N-methyl/N-ethyl adjacent to an activating group) is 1. The molecule has 0 spiro atoms.